The maximum absolute atomic E-state index is 12.1. The molecule has 19 heavy (non-hydrogen) atoms. The zero-order chi connectivity index (χ0) is 13.8. The second-order valence-corrected chi connectivity index (χ2v) is 4.65. The van der Waals surface area contributed by atoms with E-state index in [-0.39, 0.29) is 11.9 Å². The number of nitrogens with one attached hydrogen (secondary N) is 1. The topological polar surface area (TPSA) is 46.9 Å². The second kappa shape index (κ2) is 5.89. The molecule has 0 aliphatic rings. The summed E-state index contributed by atoms with van der Waals surface area (Å²) in [6.07, 6.45) is 1.73. The third-order valence-electron chi connectivity index (χ3n) is 2.96. The second-order valence-electron chi connectivity index (χ2n) is 4.25. The Bertz CT molecular complexity index is 580. The van der Waals surface area contributed by atoms with Crippen LogP contribution in [0.15, 0.2) is 36.5 Å². The van der Waals surface area contributed by atoms with Gasteiger partial charge in [-0.15, -0.1) is 0 Å². The Labute approximate surface area is 117 Å². The number of hydrogen-bond acceptors (Lipinski definition) is 2. The minimum atomic E-state index is -0.179. The molecule has 1 unspecified atom stereocenters. The summed E-state index contributed by atoms with van der Waals surface area (Å²) in [5, 5.41) is 7.58. The molecule has 0 spiro atoms. The molecule has 0 aliphatic carbocycles. The molecule has 4 nitrogen and oxygen atoms in total. The van der Waals surface area contributed by atoms with Crippen LogP contribution in [-0.2, 0) is 6.54 Å². The van der Waals surface area contributed by atoms with Crippen molar-refractivity contribution in [1.29, 1.82) is 0 Å². The average Bonchev–Trinajstić information content (AvgIpc) is 2.87. The predicted molar refractivity (Wildman–Crippen MR) is 75.2 cm³/mol. The van der Waals surface area contributed by atoms with Crippen LogP contribution in [0, 0.1) is 0 Å². The lowest BCUT2D eigenvalue weighted by atomic mass is 10.1. The molecule has 1 atom stereocenters. The van der Waals surface area contributed by atoms with Crippen LogP contribution in [0.1, 0.15) is 35.9 Å². The molecule has 0 radical (unpaired) electrons. The molecule has 0 bridgehead atoms. The zero-order valence-corrected chi connectivity index (χ0v) is 11.7. The van der Waals surface area contributed by atoms with Gasteiger partial charge in [0, 0.05) is 12.7 Å². The van der Waals surface area contributed by atoms with Crippen LogP contribution in [0.5, 0.6) is 0 Å². The Morgan fingerprint density at radius 2 is 2.16 bits per heavy atom. The van der Waals surface area contributed by atoms with E-state index < -0.39 is 0 Å². The summed E-state index contributed by atoms with van der Waals surface area (Å²) in [6, 6.07) is 8.79. The third kappa shape index (κ3) is 2.96. The van der Waals surface area contributed by atoms with E-state index in [1.54, 1.807) is 30.5 Å². The van der Waals surface area contributed by atoms with Gasteiger partial charge in [-0.25, -0.2) is 0 Å². The van der Waals surface area contributed by atoms with Gasteiger partial charge in [-0.3, -0.25) is 9.48 Å². The fraction of sp³-hybridized carbons (Fsp3) is 0.286. The van der Waals surface area contributed by atoms with E-state index in [0.29, 0.717) is 10.6 Å². The average molecular weight is 278 g/mol. The first-order chi connectivity index (χ1) is 9.13. The summed E-state index contributed by atoms with van der Waals surface area (Å²) in [4.78, 5) is 12.1. The lowest BCUT2D eigenvalue weighted by Crippen LogP contribution is -2.28. The lowest BCUT2D eigenvalue weighted by molar-refractivity contribution is 0.0938. The zero-order valence-electron chi connectivity index (χ0n) is 10.9. The van der Waals surface area contributed by atoms with Gasteiger partial charge in [0.25, 0.3) is 5.91 Å². The number of amides is 1. The monoisotopic (exact) mass is 277 g/mol. The molecule has 0 aliphatic heterocycles. The standard InChI is InChI=1S/C14H16ClN3O/c1-3-18-13(8-9-16-18)10(2)17-14(19)11-6-4-5-7-12(11)15/h4-10H,3H2,1-2H3,(H,17,19). The van der Waals surface area contributed by atoms with E-state index in [0.717, 1.165) is 12.2 Å². The number of benzene rings is 1. The molecular weight excluding hydrogens is 262 g/mol. The van der Waals surface area contributed by atoms with Crippen LogP contribution in [0.2, 0.25) is 5.02 Å². The van der Waals surface area contributed by atoms with E-state index in [2.05, 4.69) is 10.4 Å². The van der Waals surface area contributed by atoms with Crippen molar-refractivity contribution < 1.29 is 4.79 Å². The Morgan fingerprint density at radius 3 is 2.84 bits per heavy atom. The molecule has 1 heterocycles. The van der Waals surface area contributed by atoms with Crippen molar-refractivity contribution in [3.05, 3.63) is 52.8 Å². The van der Waals surface area contributed by atoms with Gasteiger partial charge in [0.05, 0.1) is 22.3 Å². The number of rotatable bonds is 4. The number of hydrogen-bond donors (Lipinski definition) is 1. The van der Waals surface area contributed by atoms with Crippen LogP contribution in [0.25, 0.3) is 0 Å². The molecule has 0 saturated carbocycles. The first kappa shape index (κ1) is 13.6. The summed E-state index contributed by atoms with van der Waals surface area (Å²) < 4.78 is 1.86. The fourth-order valence-corrected chi connectivity index (χ4v) is 2.19. The van der Waals surface area contributed by atoms with Gasteiger partial charge in [-0.1, -0.05) is 23.7 Å². The van der Waals surface area contributed by atoms with Crippen LogP contribution < -0.4 is 5.32 Å². The molecule has 1 aromatic carbocycles. The van der Waals surface area contributed by atoms with Crippen molar-refractivity contribution in [2.24, 2.45) is 0 Å². The van der Waals surface area contributed by atoms with Crippen LogP contribution >= 0.6 is 11.6 Å². The Hall–Kier alpha value is -1.81. The molecule has 2 rings (SSSR count). The predicted octanol–water partition coefficient (Wildman–Crippen LogP) is 3.05. The van der Waals surface area contributed by atoms with Crippen molar-refractivity contribution in [2.45, 2.75) is 26.4 Å². The van der Waals surface area contributed by atoms with Gasteiger partial charge in [0.2, 0.25) is 0 Å². The SMILES string of the molecule is CCn1nccc1C(C)NC(=O)c1ccccc1Cl. The van der Waals surface area contributed by atoms with Crippen molar-refractivity contribution in [1.82, 2.24) is 15.1 Å². The van der Waals surface area contributed by atoms with Crippen molar-refractivity contribution in [3.63, 3.8) is 0 Å². The fourth-order valence-electron chi connectivity index (χ4n) is 1.97. The first-order valence-electron chi connectivity index (χ1n) is 6.20. The molecular formula is C14H16ClN3O. The van der Waals surface area contributed by atoms with Crippen molar-refractivity contribution in [2.75, 3.05) is 0 Å². The Balaban J connectivity index is 2.13. The van der Waals surface area contributed by atoms with Crippen LogP contribution in [-0.4, -0.2) is 15.7 Å². The number of aromatic nitrogens is 2. The van der Waals surface area contributed by atoms with E-state index in [4.69, 9.17) is 11.6 Å². The van der Waals surface area contributed by atoms with Crippen LogP contribution in [0.3, 0.4) is 0 Å². The summed E-state index contributed by atoms with van der Waals surface area (Å²) in [6.45, 7) is 4.71. The highest BCUT2D eigenvalue weighted by molar-refractivity contribution is 6.33. The Kier molecular flexibility index (Phi) is 4.22. The molecule has 0 saturated heterocycles. The molecule has 100 valence electrons. The van der Waals surface area contributed by atoms with Gasteiger partial charge in [-0.2, -0.15) is 5.10 Å². The lowest BCUT2D eigenvalue weighted by Gasteiger charge is -2.15. The van der Waals surface area contributed by atoms with E-state index in [1.165, 1.54) is 0 Å². The number of carbonyl (C=O) groups is 1. The first-order valence-corrected chi connectivity index (χ1v) is 6.58. The van der Waals surface area contributed by atoms with E-state index in [1.807, 2.05) is 24.6 Å². The van der Waals surface area contributed by atoms with Gasteiger partial charge in [0.15, 0.2) is 0 Å². The summed E-state index contributed by atoms with van der Waals surface area (Å²) >= 11 is 6.01. The van der Waals surface area contributed by atoms with Gasteiger partial charge in [-0.05, 0) is 32.0 Å². The molecule has 5 heteroatoms. The minimum Gasteiger partial charge on any atom is -0.344 e. The Morgan fingerprint density at radius 1 is 1.42 bits per heavy atom. The summed E-state index contributed by atoms with van der Waals surface area (Å²) in [5.41, 5.74) is 1.46. The van der Waals surface area contributed by atoms with Crippen molar-refractivity contribution in [3.8, 4) is 0 Å². The molecule has 0 fully saturated rings. The smallest absolute Gasteiger partial charge is 0.253 e. The number of nitrogens with zero attached hydrogens (tertiary/aromatic N) is 2. The largest absolute Gasteiger partial charge is 0.344 e. The normalized spacial score (nSPS) is 12.2. The van der Waals surface area contributed by atoms with Crippen molar-refractivity contribution >= 4 is 17.5 Å². The summed E-state index contributed by atoms with van der Waals surface area (Å²) in [5.74, 6) is -0.179. The number of halogens is 1. The van der Waals surface area contributed by atoms with Gasteiger partial charge in [0.1, 0.15) is 0 Å². The van der Waals surface area contributed by atoms with E-state index >= 15 is 0 Å². The van der Waals surface area contributed by atoms with E-state index in [9.17, 15) is 4.79 Å². The van der Waals surface area contributed by atoms with Gasteiger partial charge < -0.3 is 5.32 Å². The maximum atomic E-state index is 12.1. The molecule has 1 amide bonds. The quantitative estimate of drug-likeness (QED) is 0.934. The maximum Gasteiger partial charge on any atom is 0.253 e. The summed E-state index contributed by atoms with van der Waals surface area (Å²) in [7, 11) is 0. The highest BCUT2D eigenvalue weighted by atomic mass is 35.5. The minimum absolute atomic E-state index is 0.119. The number of carbonyl (C=O) groups excluding carboxylic acids is 1. The highest BCUT2D eigenvalue weighted by Crippen LogP contribution is 2.17. The van der Waals surface area contributed by atoms with Crippen LogP contribution in [0.4, 0.5) is 0 Å². The molecule has 1 N–H and O–H groups in total. The molecule has 1 aromatic heterocycles. The highest BCUT2D eigenvalue weighted by Gasteiger charge is 2.16. The molecule has 2 aromatic rings. The number of aryl methyl sites for hydroxylation is 1. The third-order valence-corrected chi connectivity index (χ3v) is 3.29. The van der Waals surface area contributed by atoms with Gasteiger partial charge >= 0.3 is 0 Å².